The van der Waals surface area contributed by atoms with E-state index in [0.29, 0.717) is 34.9 Å². The molecule has 7 nitrogen and oxygen atoms in total. The summed E-state index contributed by atoms with van der Waals surface area (Å²) in [6, 6.07) is 21.5. The number of nitrogens with zero attached hydrogens (tertiary/aromatic N) is 2. The molecule has 0 unspecified atom stereocenters. The van der Waals surface area contributed by atoms with Crippen LogP contribution in [-0.2, 0) is 11.4 Å². The first kappa shape index (κ1) is 22.1. The highest BCUT2D eigenvalue weighted by Gasteiger charge is 2.19. The summed E-state index contributed by atoms with van der Waals surface area (Å²) >= 11 is 0. The molecule has 7 heteroatoms. The molecule has 0 saturated heterocycles. The van der Waals surface area contributed by atoms with E-state index in [1.54, 1.807) is 24.4 Å². The van der Waals surface area contributed by atoms with E-state index in [2.05, 4.69) is 10.3 Å². The van der Waals surface area contributed by atoms with Crippen molar-refractivity contribution in [2.75, 3.05) is 5.32 Å². The number of anilines is 1. The Morgan fingerprint density at radius 1 is 1.06 bits per heavy atom. The van der Waals surface area contributed by atoms with E-state index in [1.807, 2.05) is 62.4 Å². The summed E-state index contributed by atoms with van der Waals surface area (Å²) < 4.78 is 13.2. The largest absolute Gasteiger partial charge is 0.487 e. The standard InChI is InChI=1S/C26H25N3O4/c1-3-22(33-21-9-5-4-6-10-21)26(31)28-19-13-12-18(2)23(15-19)32-17-20-16-25(30)29-14-8-7-11-24(29)27-20/h4-16,22H,3,17H2,1-2H3,(H,28,31)/t22-/m0/s1. The van der Waals surface area contributed by atoms with Gasteiger partial charge in [-0.2, -0.15) is 0 Å². The number of aromatic nitrogens is 2. The molecule has 33 heavy (non-hydrogen) atoms. The molecule has 0 fully saturated rings. The zero-order valence-corrected chi connectivity index (χ0v) is 18.5. The van der Waals surface area contributed by atoms with Gasteiger partial charge in [0, 0.05) is 24.0 Å². The minimum absolute atomic E-state index is 0.133. The Morgan fingerprint density at radius 2 is 1.85 bits per heavy atom. The van der Waals surface area contributed by atoms with Gasteiger partial charge in [-0.3, -0.25) is 14.0 Å². The summed E-state index contributed by atoms with van der Waals surface area (Å²) in [5.74, 6) is 1.01. The number of carbonyl (C=O) groups excluding carboxylic acids is 1. The highest BCUT2D eigenvalue weighted by Crippen LogP contribution is 2.24. The summed E-state index contributed by atoms with van der Waals surface area (Å²) in [5.41, 5.74) is 2.43. The lowest BCUT2D eigenvalue weighted by atomic mass is 10.2. The van der Waals surface area contributed by atoms with Crippen LogP contribution in [0.2, 0.25) is 0 Å². The van der Waals surface area contributed by atoms with E-state index in [-0.39, 0.29) is 18.1 Å². The summed E-state index contributed by atoms with van der Waals surface area (Å²) in [7, 11) is 0. The van der Waals surface area contributed by atoms with Crippen molar-refractivity contribution in [3.8, 4) is 11.5 Å². The van der Waals surface area contributed by atoms with Gasteiger partial charge in [-0.1, -0.05) is 37.3 Å². The van der Waals surface area contributed by atoms with Gasteiger partial charge in [-0.05, 0) is 49.2 Å². The summed E-state index contributed by atoms with van der Waals surface area (Å²) in [6.45, 7) is 3.95. The highest BCUT2D eigenvalue weighted by atomic mass is 16.5. The van der Waals surface area contributed by atoms with Crippen LogP contribution >= 0.6 is 0 Å². The maximum absolute atomic E-state index is 12.8. The lowest BCUT2D eigenvalue weighted by Gasteiger charge is -2.18. The number of nitrogens with one attached hydrogen (secondary N) is 1. The Labute approximate surface area is 191 Å². The van der Waals surface area contributed by atoms with Gasteiger partial charge < -0.3 is 14.8 Å². The quantitative estimate of drug-likeness (QED) is 0.437. The van der Waals surface area contributed by atoms with E-state index in [1.165, 1.54) is 10.5 Å². The van der Waals surface area contributed by atoms with Crippen LogP contribution in [0.5, 0.6) is 11.5 Å². The average Bonchev–Trinajstić information content (AvgIpc) is 2.83. The third kappa shape index (κ3) is 5.38. The Kier molecular flexibility index (Phi) is 6.69. The van der Waals surface area contributed by atoms with Crippen molar-refractivity contribution in [2.45, 2.75) is 33.0 Å². The molecule has 168 valence electrons. The predicted molar refractivity (Wildman–Crippen MR) is 127 cm³/mol. The van der Waals surface area contributed by atoms with Crippen LogP contribution < -0.4 is 20.3 Å². The fraction of sp³-hybridized carbons (Fsp3) is 0.192. The molecular weight excluding hydrogens is 418 g/mol. The first-order valence-corrected chi connectivity index (χ1v) is 10.8. The number of amides is 1. The Bertz CT molecular complexity index is 1320. The molecule has 4 aromatic rings. The van der Waals surface area contributed by atoms with Crippen molar-refractivity contribution < 1.29 is 14.3 Å². The predicted octanol–water partition coefficient (Wildman–Crippen LogP) is 4.38. The molecule has 1 atom stereocenters. The number of aryl methyl sites for hydroxylation is 1. The van der Waals surface area contributed by atoms with Gasteiger partial charge >= 0.3 is 0 Å². The van der Waals surface area contributed by atoms with E-state index in [0.717, 1.165) is 5.56 Å². The highest BCUT2D eigenvalue weighted by molar-refractivity contribution is 5.94. The molecule has 0 radical (unpaired) electrons. The fourth-order valence-corrected chi connectivity index (χ4v) is 3.37. The van der Waals surface area contributed by atoms with E-state index in [4.69, 9.17) is 9.47 Å². The minimum Gasteiger partial charge on any atom is -0.487 e. The summed E-state index contributed by atoms with van der Waals surface area (Å²) in [4.78, 5) is 29.5. The fourth-order valence-electron chi connectivity index (χ4n) is 3.37. The van der Waals surface area contributed by atoms with Gasteiger partial charge in [0.05, 0.1) is 5.69 Å². The maximum atomic E-state index is 12.8. The molecule has 0 aliphatic heterocycles. The number of benzene rings is 2. The van der Waals surface area contributed by atoms with Crippen LogP contribution in [0.25, 0.3) is 5.65 Å². The molecule has 2 heterocycles. The Morgan fingerprint density at radius 3 is 2.64 bits per heavy atom. The molecule has 4 rings (SSSR count). The molecule has 0 spiro atoms. The second kappa shape index (κ2) is 9.99. The smallest absolute Gasteiger partial charge is 0.265 e. The van der Waals surface area contributed by atoms with E-state index < -0.39 is 6.10 Å². The normalized spacial score (nSPS) is 11.7. The van der Waals surface area contributed by atoms with Gasteiger partial charge in [0.25, 0.3) is 11.5 Å². The number of carbonyl (C=O) groups is 1. The van der Waals surface area contributed by atoms with Crippen LogP contribution in [0, 0.1) is 6.92 Å². The summed E-state index contributed by atoms with van der Waals surface area (Å²) in [6.07, 6.45) is 1.59. The average molecular weight is 444 g/mol. The van der Waals surface area contributed by atoms with Crippen molar-refractivity contribution in [2.24, 2.45) is 0 Å². The number of ether oxygens (including phenoxy) is 2. The number of fused-ring (bicyclic) bond motifs is 1. The zero-order valence-electron chi connectivity index (χ0n) is 18.5. The third-order valence-electron chi connectivity index (χ3n) is 5.14. The minimum atomic E-state index is -0.618. The molecule has 0 bridgehead atoms. The lowest BCUT2D eigenvalue weighted by molar-refractivity contribution is -0.122. The van der Waals surface area contributed by atoms with Crippen LogP contribution in [0.4, 0.5) is 5.69 Å². The van der Waals surface area contributed by atoms with Crippen LogP contribution in [-0.4, -0.2) is 21.4 Å². The van der Waals surface area contributed by atoms with Gasteiger partial charge in [0.15, 0.2) is 6.10 Å². The Balaban J connectivity index is 1.45. The van der Waals surface area contributed by atoms with Crippen molar-refractivity contribution >= 4 is 17.2 Å². The van der Waals surface area contributed by atoms with Gasteiger partial charge in [-0.15, -0.1) is 0 Å². The van der Waals surface area contributed by atoms with Gasteiger partial charge in [0.2, 0.25) is 0 Å². The molecule has 0 aliphatic rings. The second-order valence-corrected chi connectivity index (χ2v) is 7.60. The first-order chi connectivity index (χ1) is 16.0. The molecule has 0 aliphatic carbocycles. The third-order valence-corrected chi connectivity index (χ3v) is 5.14. The number of rotatable bonds is 8. The SMILES string of the molecule is CC[C@H](Oc1ccccc1)C(=O)Nc1ccc(C)c(OCc2cc(=O)n3ccccc3n2)c1. The van der Waals surface area contributed by atoms with Gasteiger partial charge in [-0.25, -0.2) is 4.98 Å². The second-order valence-electron chi connectivity index (χ2n) is 7.60. The molecule has 1 amide bonds. The topological polar surface area (TPSA) is 81.9 Å². The van der Waals surface area contributed by atoms with Crippen molar-refractivity contribution in [1.29, 1.82) is 0 Å². The first-order valence-electron chi connectivity index (χ1n) is 10.8. The Hall–Kier alpha value is -4.13. The number of hydrogen-bond acceptors (Lipinski definition) is 5. The van der Waals surface area contributed by atoms with Crippen molar-refractivity contribution in [3.05, 3.63) is 101 Å². The molecule has 0 saturated carbocycles. The molecule has 1 N–H and O–H groups in total. The van der Waals surface area contributed by atoms with Crippen LogP contribution in [0.1, 0.15) is 24.6 Å². The van der Waals surface area contributed by atoms with Crippen molar-refractivity contribution in [1.82, 2.24) is 9.38 Å². The zero-order chi connectivity index (χ0) is 23.2. The monoisotopic (exact) mass is 443 g/mol. The molecule has 2 aromatic heterocycles. The summed E-state index contributed by atoms with van der Waals surface area (Å²) in [5, 5.41) is 2.90. The van der Waals surface area contributed by atoms with Gasteiger partial charge in [0.1, 0.15) is 23.8 Å². The molecule has 2 aromatic carbocycles. The number of hydrogen-bond donors (Lipinski definition) is 1. The molecular formula is C26H25N3O4. The van der Waals surface area contributed by atoms with E-state index >= 15 is 0 Å². The van der Waals surface area contributed by atoms with Crippen LogP contribution in [0.3, 0.4) is 0 Å². The van der Waals surface area contributed by atoms with Crippen molar-refractivity contribution in [3.63, 3.8) is 0 Å². The maximum Gasteiger partial charge on any atom is 0.265 e. The number of para-hydroxylation sites is 1. The lowest BCUT2D eigenvalue weighted by Crippen LogP contribution is -2.32. The van der Waals surface area contributed by atoms with Crippen LogP contribution in [0.15, 0.2) is 83.8 Å². The van der Waals surface area contributed by atoms with E-state index in [9.17, 15) is 9.59 Å². The number of pyridine rings is 1.